The van der Waals surface area contributed by atoms with Gasteiger partial charge in [0.2, 0.25) is 0 Å². The van der Waals surface area contributed by atoms with Gasteiger partial charge in [-0.3, -0.25) is 0 Å². The highest BCUT2D eigenvalue weighted by molar-refractivity contribution is 5.99. The SMILES string of the molecule is CC1(C)CC(C)(C)c2cc3c(cc21)-c1cccc(N(c2cccc(-c4ccccc4)c2)c2cccc(-c4cccc5ccccc45)c2)c1C3(c1ccccc1)c1ccccc1. The molecule has 61 heavy (non-hydrogen) atoms. The molecule has 0 fully saturated rings. The van der Waals surface area contributed by atoms with Crippen molar-refractivity contribution in [3.8, 4) is 33.4 Å². The fraction of sp³-hybridized carbons (Fsp3) is 0.133. The summed E-state index contributed by atoms with van der Waals surface area (Å²) in [5.74, 6) is 0. The largest absolute Gasteiger partial charge is 0.310 e. The molecule has 0 bridgehead atoms. The molecule has 1 heteroatoms. The van der Waals surface area contributed by atoms with Crippen molar-refractivity contribution in [2.45, 2.75) is 50.4 Å². The van der Waals surface area contributed by atoms with Crippen LogP contribution in [0.15, 0.2) is 212 Å². The molecule has 1 nitrogen and oxygen atoms in total. The van der Waals surface area contributed by atoms with Gasteiger partial charge >= 0.3 is 0 Å². The van der Waals surface area contributed by atoms with E-state index in [4.69, 9.17) is 0 Å². The van der Waals surface area contributed by atoms with Crippen LogP contribution in [0.1, 0.15) is 67.5 Å². The Hall–Kier alpha value is -6.96. The van der Waals surface area contributed by atoms with Gasteiger partial charge in [-0.25, -0.2) is 0 Å². The third kappa shape index (κ3) is 5.82. The zero-order valence-corrected chi connectivity index (χ0v) is 35.4. The van der Waals surface area contributed by atoms with Crippen LogP contribution >= 0.6 is 0 Å². The molecule has 0 atom stereocenters. The minimum atomic E-state index is -0.607. The average Bonchev–Trinajstić information content (AvgIpc) is 3.70. The van der Waals surface area contributed by atoms with E-state index in [0.717, 1.165) is 17.8 Å². The third-order valence-corrected chi connectivity index (χ3v) is 13.7. The molecule has 11 rings (SSSR count). The molecule has 0 amide bonds. The predicted octanol–water partition coefficient (Wildman–Crippen LogP) is 16.0. The summed E-state index contributed by atoms with van der Waals surface area (Å²) in [6.07, 6.45) is 1.12. The maximum absolute atomic E-state index is 2.62. The van der Waals surface area contributed by atoms with Crippen LogP contribution < -0.4 is 4.90 Å². The fourth-order valence-corrected chi connectivity index (χ4v) is 11.3. The number of hydrogen-bond acceptors (Lipinski definition) is 1. The summed E-state index contributed by atoms with van der Waals surface area (Å²) in [6.45, 7) is 9.76. The van der Waals surface area contributed by atoms with Crippen LogP contribution in [0.5, 0.6) is 0 Å². The van der Waals surface area contributed by atoms with Crippen LogP contribution in [0, 0.1) is 0 Å². The zero-order valence-electron chi connectivity index (χ0n) is 35.4. The highest BCUT2D eigenvalue weighted by Gasteiger charge is 2.51. The van der Waals surface area contributed by atoms with E-state index < -0.39 is 5.41 Å². The first-order chi connectivity index (χ1) is 29.7. The van der Waals surface area contributed by atoms with Gasteiger partial charge in [0.05, 0.1) is 11.1 Å². The second kappa shape index (κ2) is 14.1. The van der Waals surface area contributed by atoms with Gasteiger partial charge in [-0.1, -0.05) is 204 Å². The molecule has 0 saturated carbocycles. The zero-order chi connectivity index (χ0) is 41.3. The van der Waals surface area contributed by atoms with Crippen LogP contribution in [0.2, 0.25) is 0 Å². The summed E-state index contributed by atoms with van der Waals surface area (Å²) >= 11 is 0. The van der Waals surface area contributed by atoms with E-state index in [2.05, 4.69) is 245 Å². The lowest BCUT2D eigenvalue weighted by molar-refractivity contribution is 0.403. The summed E-state index contributed by atoms with van der Waals surface area (Å²) in [6, 6.07) is 79.2. The number of benzene rings is 9. The van der Waals surface area contributed by atoms with E-state index in [1.807, 2.05) is 0 Å². The number of anilines is 3. The van der Waals surface area contributed by atoms with Gasteiger partial charge in [-0.05, 0) is 126 Å². The summed E-state index contributed by atoms with van der Waals surface area (Å²) in [4.78, 5) is 2.54. The van der Waals surface area contributed by atoms with Crippen molar-refractivity contribution in [2.24, 2.45) is 0 Å². The Kier molecular flexibility index (Phi) is 8.55. The lowest BCUT2D eigenvalue weighted by Gasteiger charge is -2.38. The van der Waals surface area contributed by atoms with E-state index in [1.165, 1.54) is 83.2 Å². The summed E-state index contributed by atoms with van der Waals surface area (Å²) < 4.78 is 0. The standard InChI is InChI=1S/C60H49N/c1-58(2)40-59(3,4)55-39-53-52(38-54(55)58)51-34-19-35-56(57(51)60(53,45-26-10-6-11-27-45)46-28-12-7-13-29-46)61(47-30-16-24-43(36-47)41-20-8-5-9-21-41)48-31-17-25-44(37-48)50-33-18-23-42-22-14-15-32-49(42)50/h5-39H,40H2,1-4H3. The van der Waals surface area contributed by atoms with Crippen LogP contribution in [0.25, 0.3) is 44.2 Å². The molecule has 9 aromatic carbocycles. The normalized spacial score (nSPS) is 15.2. The summed E-state index contributed by atoms with van der Waals surface area (Å²) in [7, 11) is 0. The number of fused-ring (bicyclic) bond motifs is 5. The monoisotopic (exact) mass is 783 g/mol. The first kappa shape index (κ1) is 37.1. The molecule has 294 valence electrons. The van der Waals surface area contributed by atoms with Crippen molar-refractivity contribution in [1.29, 1.82) is 0 Å². The molecule has 2 aliphatic carbocycles. The van der Waals surface area contributed by atoms with Crippen molar-refractivity contribution in [2.75, 3.05) is 4.90 Å². The number of hydrogen-bond donors (Lipinski definition) is 0. The van der Waals surface area contributed by atoms with E-state index in [9.17, 15) is 0 Å². The number of nitrogens with zero attached hydrogens (tertiary/aromatic N) is 1. The lowest BCUT2D eigenvalue weighted by Crippen LogP contribution is -2.31. The van der Waals surface area contributed by atoms with Gasteiger partial charge in [-0.15, -0.1) is 0 Å². The summed E-state index contributed by atoms with van der Waals surface area (Å²) in [5, 5.41) is 2.49. The molecule has 0 heterocycles. The van der Waals surface area contributed by atoms with Gasteiger partial charge in [0, 0.05) is 16.9 Å². The van der Waals surface area contributed by atoms with E-state index in [0.29, 0.717) is 0 Å². The average molecular weight is 784 g/mol. The van der Waals surface area contributed by atoms with Crippen molar-refractivity contribution in [3.05, 3.63) is 246 Å². The fourth-order valence-electron chi connectivity index (χ4n) is 11.3. The molecule has 9 aromatic rings. The van der Waals surface area contributed by atoms with E-state index >= 15 is 0 Å². The van der Waals surface area contributed by atoms with Crippen LogP contribution in [-0.2, 0) is 16.2 Å². The first-order valence-electron chi connectivity index (χ1n) is 21.7. The van der Waals surface area contributed by atoms with Crippen molar-refractivity contribution < 1.29 is 0 Å². The van der Waals surface area contributed by atoms with Crippen molar-refractivity contribution in [1.82, 2.24) is 0 Å². The van der Waals surface area contributed by atoms with Crippen molar-refractivity contribution in [3.63, 3.8) is 0 Å². The molecule has 0 aliphatic heterocycles. The predicted molar refractivity (Wildman–Crippen MR) is 257 cm³/mol. The van der Waals surface area contributed by atoms with Crippen LogP contribution in [-0.4, -0.2) is 0 Å². The molecular formula is C60H49N. The van der Waals surface area contributed by atoms with Gasteiger partial charge in [-0.2, -0.15) is 0 Å². The topological polar surface area (TPSA) is 3.24 Å². The first-order valence-corrected chi connectivity index (χ1v) is 21.7. The maximum Gasteiger partial charge on any atom is 0.0734 e. The smallest absolute Gasteiger partial charge is 0.0734 e. The van der Waals surface area contributed by atoms with E-state index in [1.54, 1.807) is 0 Å². The Morgan fingerprint density at radius 3 is 1.57 bits per heavy atom. The summed E-state index contributed by atoms with van der Waals surface area (Å²) in [5.41, 5.74) is 18.4. The molecule has 0 radical (unpaired) electrons. The third-order valence-electron chi connectivity index (χ3n) is 13.7. The highest BCUT2D eigenvalue weighted by Crippen LogP contribution is 2.63. The molecule has 0 aromatic heterocycles. The molecule has 0 saturated heterocycles. The molecule has 2 aliphatic rings. The quantitative estimate of drug-likeness (QED) is 0.156. The van der Waals surface area contributed by atoms with Crippen LogP contribution in [0.3, 0.4) is 0 Å². The second-order valence-electron chi connectivity index (χ2n) is 18.4. The Labute approximate surface area is 360 Å². The number of rotatable bonds is 7. The van der Waals surface area contributed by atoms with Gasteiger partial charge in [0.15, 0.2) is 0 Å². The second-order valence-corrected chi connectivity index (χ2v) is 18.4. The molecule has 0 spiro atoms. The Morgan fingerprint density at radius 1 is 0.377 bits per heavy atom. The molecular weight excluding hydrogens is 735 g/mol. The van der Waals surface area contributed by atoms with E-state index in [-0.39, 0.29) is 10.8 Å². The Bertz CT molecular complexity index is 3060. The van der Waals surface area contributed by atoms with Crippen molar-refractivity contribution >= 4 is 27.8 Å². The maximum atomic E-state index is 2.62. The van der Waals surface area contributed by atoms with Gasteiger partial charge in [0.25, 0.3) is 0 Å². The molecule has 0 N–H and O–H groups in total. The van der Waals surface area contributed by atoms with Gasteiger partial charge < -0.3 is 4.90 Å². The lowest BCUT2D eigenvalue weighted by atomic mass is 9.66. The Balaban J connectivity index is 1.25. The van der Waals surface area contributed by atoms with Gasteiger partial charge in [0.1, 0.15) is 0 Å². The Morgan fingerprint density at radius 2 is 0.885 bits per heavy atom. The van der Waals surface area contributed by atoms with Crippen LogP contribution in [0.4, 0.5) is 17.1 Å². The molecule has 0 unspecified atom stereocenters. The minimum Gasteiger partial charge on any atom is -0.310 e. The highest BCUT2D eigenvalue weighted by atomic mass is 15.1. The minimum absolute atomic E-state index is 0.0382.